The molecule has 0 unspecified atom stereocenters. The van der Waals surface area contributed by atoms with E-state index in [1.165, 1.54) is 11.8 Å². The van der Waals surface area contributed by atoms with E-state index in [4.69, 9.17) is 11.6 Å². The van der Waals surface area contributed by atoms with E-state index in [-0.39, 0.29) is 16.3 Å². The Hall–Kier alpha value is -1.98. The number of phenols is 1. The van der Waals surface area contributed by atoms with Crippen molar-refractivity contribution in [3.63, 3.8) is 0 Å². The van der Waals surface area contributed by atoms with E-state index < -0.39 is 5.91 Å². The van der Waals surface area contributed by atoms with E-state index in [9.17, 15) is 9.90 Å². The number of nitrogens with one attached hydrogen (secondary N) is 1. The molecule has 1 aliphatic rings. The highest BCUT2D eigenvalue weighted by atomic mass is 35.5. The number of carbonyl (C=O) groups is 1. The quantitative estimate of drug-likeness (QED) is 0.884. The van der Waals surface area contributed by atoms with E-state index in [1.807, 2.05) is 30.3 Å². The van der Waals surface area contributed by atoms with Crippen LogP contribution in [0.3, 0.4) is 0 Å². The van der Waals surface area contributed by atoms with E-state index in [1.54, 1.807) is 12.1 Å². The first-order valence-corrected chi connectivity index (χ1v) is 8.08. The molecule has 0 spiro atoms. The van der Waals surface area contributed by atoms with Gasteiger partial charge < -0.3 is 10.4 Å². The van der Waals surface area contributed by atoms with Crippen LogP contribution in [0.25, 0.3) is 11.1 Å². The molecule has 0 saturated carbocycles. The van der Waals surface area contributed by atoms with Gasteiger partial charge in [-0.3, -0.25) is 9.79 Å². The fourth-order valence-corrected chi connectivity index (χ4v) is 3.09. The van der Waals surface area contributed by atoms with E-state index in [2.05, 4.69) is 10.3 Å². The molecule has 2 N–H and O–H groups in total. The highest BCUT2D eigenvalue weighted by molar-refractivity contribution is 8.14. The van der Waals surface area contributed by atoms with E-state index >= 15 is 0 Å². The Morgan fingerprint density at radius 2 is 2.00 bits per heavy atom. The molecule has 2 aromatic rings. The van der Waals surface area contributed by atoms with Crippen molar-refractivity contribution >= 4 is 34.4 Å². The summed E-state index contributed by atoms with van der Waals surface area (Å²) < 4.78 is 0. The molecule has 0 bridgehead atoms. The molecule has 0 radical (unpaired) electrons. The highest BCUT2D eigenvalue weighted by Gasteiger charge is 2.19. The fraction of sp³-hybridized carbons (Fsp3) is 0.125. The smallest absolute Gasteiger partial charge is 0.261 e. The van der Waals surface area contributed by atoms with Crippen LogP contribution in [-0.2, 0) is 0 Å². The molecule has 22 heavy (non-hydrogen) atoms. The van der Waals surface area contributed by atoms with Crippen molar-refractivity contribution in [2.75, 3.05) is 12.3 Å². The Morgan fingerprint density at radius 1 is 1.23 bits per heavy atom. The molecule has 6 heteroatoms. The van der Waals surface area contributed by atoms with E-state index in [0.717, 1.165) is 16.9 Å². The van der Waals surface area contributed by atoms with Crippen molar-refractivity contribution in [2.24, 2.45) is 4.99 Å². The van der Waals surface area contributed by atoms with Gasteiger partial charge in [-0.05, 0) is 23.3 Å². The molecular weight excluding hydrogens is 320 g/mol. The average molecular weight is 333 g/mol. The lowest BCUT2D eigenvalue weighted by Gasteiger charge is -2.10. The summed E-state index contributed by atoms with van der Waals surface area (Å²) in [4.78, 5) is 16.5. The average Bonchev–Trinajstić information content (AvgIpc) is 3.03. The first-order chi connectivity index (χ1) is 10.6. The van der Waals surface area contributed by atoms with Gasteiger partial charge in [0, 0.05) is 5.75 Å². The SMILES string of the molecule is O=C(NC1=NCCS1)c1cc(-c2ccccc2)cc(Cl)c1O. The topological polar surface area (TPSA) is 61.7 Å². The minimum atomic E-state index is -0.412. The molecule has 0 fully saturated rings. The monoisotopic (exact) mass is 332 g/mol. The molecule has 0 aromatic heterocycles. The van der Waals surface area contributed by atoms with Gasteiger partial charge in [-0.15, -0.1) is 0 Å². The standard InChI is InChI=1S/C16H13ClN2O2S/c17-13-9-11(10-4-2-1-3-5-10)8-12(14(13)20)15(21)19-16-18-6-7-22-16/h1-5,8-9,20H,6-7H2,(H,18,19,21). The number of hydrogen-bond acceptors (Lipinski definition) is 4. The Labute approximate surface area is 137 Å². The van der Waals surface area contributed by atoms with Crippen LogP contribution >= 0.6 is 23.4 Å². The van der Waals surface area contributed by atoms with Gasteiger partial charge in [0.05, 0.1) is 17.1 Å². The van der Waals surface area contributed by atoms with Crippen molar-refractivity contribution in [3.05, 3.63) is 53.1 Å². The summed E-state index contributed by atoms with van der Waals surface area (Å²) in [5, 5.41) is 13.5. The molecule has 1 heterocycles. The summed E-state index contributed by atoms with van der Waals surface area (Å²) in [6.45, 7) is 0.692. The molecule has 2 aromatic carbocycles. The molecule has 0 aliphatic carbocycles. The zero-order valence-corrected chi connectivity index (χ0v) is 13.1. The van der Waals surface area contributed by atoms with Crippen LogP contribution in [0.5, 0.6) is 5.75 Å². The number of thioether (sulfide) groups is 1. The number of nitrogens with zero attached hydrogens (tertiary/aromatic N) is 1. The third kappa shape index (κ3) is 3.10. The second-order valence-corrected chi connectivity index (χ2v) is 6.20. The number of hydrogen-bond donors (Lipinski definition) is 2. The summed E-state index contributed by atoms with van der Waals surface area (Å²) in [6.07, 6.45) is 0. The van der Waals surface area contributed by atoms with Gasteiger partial charge >= 0.3 is 0 Å². The van der Waals surface area contributed by atoms with Gasteiger partial charge in [0.2, 0.25) is 0 Å². The summed E-state index contributed by atoms with van der Waals surface area (Å²) in [5.41, 5.74) is 1.84. The first kappa shape index (κ1) is 14.9. The van der Waals surface area contributed by atoms with Gasteiger partial charge in [-0.25, -0.2) is 0 Å². The minimum absolute atomic E-state index is 0.140. The van der Waals surface area contributed by atoms with Gasteiger partial charge in [0.25, 0.3) is 5.91 Å². The second-order valence-electron chi connectivity index (χ2n) is 4.71. The molecule has 0 atom stereocenters. The lowest BCUT2D eigenvalue weighted by Crippen LogP contribution is -2.27. The van der Waals surface area contributed by atoms with Crippen LogP contribution in [0.4, 0.5) is 0 Å². The predicted octanol–water partition coefficient (Wildman–Crippen LogP) is 3.55. The predicted molar refractivity (Wildman–Crippen MR) is 90.8 cm³/mol. The largest absolute Gasteiger partial charge is 0.506 e. The van der Waals surface area contributed by atoms with Gasteiger partial charge in [0.1, 0.15) is 5.75 Å². The zero-order valence-electron chi connectivity index (χ0n) is 11.5. The number of halogens is 1. The van der Waals surface area contributed by atoms with Crippen LogP contribution in [0.15, 0.2) is 47.5 Å². The zero-order chi connectivity index (χ0) is 15.5. The maximum atomic E-state index is 12.3. The number of aliphatic imine (C=N–C) groups is 1. The number of amidine groups is 1. The van der Waals surface area contributed by atoms with E-state index in [0.29, 0.717) is 11.7 Å². The van der Waals surface area contributed by atoms with Crippen LogP contribution < -0.4 is 5.32 Å². The molecule has 1 aliphatic heterocycles. The van der Waals surface area contributed by atoms with Crippen LogP contribution in [0.1, 0.15) is 10.4 Å². The molecule has 0 saturated heterocycles. The third-order valence-corrected chi connectivity index (χ3v) is 4.40. The minimum Gasteiger partial charge on any atom is -0.506 e. The Balaban J connectivity index is 1.96. The lowest BCUT2D eigenvalue weighted by atomic mass is 10.0. The maximum absolute atomic E-state index is 12.3. The Bertz CT molecular complexity index is 747. The van der Waals surface area contributed by atoms with Crippen LogP contribution in [0, 0.1) is 0 Å². The third-order valence-electron chi connectivity index (χ3n) is 3.22. The molecule has 3 rings (SSSR count). The highest BCUT2D eigenvalue weighted by Crippen LogP contribution is 2.33. The second kappa shape index (κ2) is 6.42. The number of benzene rings is 2. The fourth-order valence-electron chi connectivity index (χ4n) is 2.14. The normalized spacial score (nSPS) is 13.8. The van der Waals surface area contributed by atoms with Crippen molar-refractivity contribution in [1.29, 1.82) is 0 Å². The molecule has 4 nitrogen and oxygen atoms in total. The maximum Gasteiger partial charge on any atom is 0.261 e. The molecule has 1 amide bonds. The Morgan fingerprint density at radius 3 is 2.68 bits per heavy atom. The summed E-state index contributed by atoms with van der Waals surface area (Å²) in [6, 6.07) is 12.8. The van der Waals surface area contributed by atoms with Crippen molar-refractivity contribution < 1.29 is 9.90 Å². The number of carbonyl (C=O) groups excluding carboxylic acids is 1. The summed E-state index contributed by atoms with van der Waals surface area (Å²) in [7, 11) is 0. The molecule has 112 valence electrons. The molecular formula is C16H13ClN2O2S. The lowest BCUT2D eigenvalue weighted by molar-refractivity contribution is 0.0975. The number of rotatable bonds is 2. The Kier molecular flexibility index (Phi) is 4.36. The van der Waals surface area contributed by atoms with Crippen LogP contribution in [0.2, 0.25) is 5.02 Å². The van der Waals surface area contributed by atoms with Gasteiger partial charge in [-0.2, -0.15) is 0 Å². The summed E-state index contributed by atoms with van der Waals surface area (Å²) in [5.74, 6) is 0.222. The number of amides is 1. The van der Waals surface area contributed by atoms with Crippen molar-refractivity contribution in [1.82, 2.24) is 5.32 Å². The van der Waals surface area contributed by atoms with Crippen LogP contribution in [-0.4, -0.2) is 28.5 Å². The number of phenolic OH excluding ortho intramolecular Hbond substituents is 1. The van der Waals surface area contributed by atoms with Crippen molar-refractivity contribution in [2.45, 2.75) is 0 Å². The summed E-state index contributed by atoms with van der Waals surface area (Å²) >= 11 is 7.54. The first-order valence-electron chi connectivity index (χ1n) is 6.71. The van der Waals surface area contributed by atoms with Gasteiger partial charge in [-0.1, -0.05) is 53.7 Å². The van der Waals surface area contributed by atoms with Gasteiger partial charge in [0.15, 0.2) is 5.17 Å². The van der Waals surface area contributed by atoms with Crippen molar-refractivity contribution in [3.8, 4) is 16.9 Å². The number of aromatic hydroxyl groups is 1.